The van der Waals surface area contributed by atoms with Crippen LogP contribution in [0.15, 0.2) is 84.0 Å². The third-order valence-corrected chi connectivity index (χ3v) is 6.72. The minimum absolute atomic E-state index is 0.0881. The van der Waals surface area contributed by atoms with E-state index < -0.39 is 5.97 Å². The van der Waals surface area contributed by atoms with Crippen LogP contribution in [0.25, 0.3) is 0 Å². The average Bonchev–Trinajstić information content (AvgIpc) is 3.36. The van der Waals surface area contributed by atoms with Gasteiger partial charge in [0, 0.05) is 11.3 Å². The zero-order valence-electron chi connectivity index (χ0n) is 22.1. The van der Waals surface area contributed by atoms with Crippen molar-refractivity contribution in [3.63, 3.8) is 0 Å². The Morgan fingerprint density at radius 2 is 1.60 bits per heavy atom. The molecule has 0 saturated carbocycles. The SMILES string of the molecule is CCOC(=O)c1ccc(NC(=O)CSc2nnc(CNC(=O)c3ccc(OC)cc3)n2Cc2ccccc2)cc1. The first-order chi connectivity index (χ1) is 19.5. The summed E-state index contributed by atoms with van der Waals surface area (Å²) in [6.45, 7) is 2.66. The predicted molar refractivity (Wildman–Crippen MR) is 151 cm³/mol. The molecule has 2 amide bonds. The lowest BCUT2D eigenvalue weighted by atomic mass is 10.2. The number of nitrogens with one attached hydrogen (secondary N) is 2. The summed E-state index contributed by atoms with van der Waals surface area (Å²) in [6, 6.07) is 23.1. The second kappa shape index (κ2) is 13.9. The number of ether oxygens (including phenoxy) is 2. The molecular formula is C29H29N5O5S. The van der Waals surface area contributed by atoms with E-state index >= 15 is 0 Å². The fourth-order valence-electron chi connectivity index (χ4n) is 3.72. The summed E-state index contributed by atoms with van der Waals surface area (Å²) in [5.74, 6) is 0.411. The van der Waals surface area contributed by atoms with E-state index in [4.69, 9.17) is 9.47 Å². The first kappa shape index (κ1) is 28.4. The average molecular weight is 560 g/mol. The normalized spacial score (nSPS) is 10.6. The molecule has 0 aliphatic rings. The van der Waals surface area contributed by atoms with Crippen LogP contribution < -0.4 is 15.4 Å². The summed E-state index contributed by atoms with van der Waals surface area (Å²) in [6.07, 6.45) is 0. The van der Waals surface area contributed by atoms with Gasteiger partial charge in [0.05, 0.1) is 38.1 Å². The van der Waals surface area contributed by atoms with Gasteiger partial charge in [-0.05, 0) is 61.0 Å². The molecule has 0 saturated heterocycles. The molecule has 0 bridgehead atoms. The predicted octanol–water partition coefficient (Wildman–Crippen LogP) is 4.17. The van der Waals surface area contributed by atoms with Crippen LogP contribution in [0.5, 0.6) is 5.75 Å². The highest BCUT2D eigenvalue weighted by Crippen LogP contribution is 2.20. The van der Waals surface area contributed by atoms with Crippen LogP contribution in [0.4, 0.5) is 5.69 Å². The Kier molecular flexibility index (Phi) is 9.89. The van der Waals surface area contributed by atoms with Gasteiger partial charge in [0.15, 0.2) is 11.0 Å². The second-order valence-corrected chi connectivity index (χ2v) is 9.46. The number of hydrogen-bond donors (Lipinski definition) is 2. The molecule has 0 fully saturated rings. The van der Waals surface area contributed by atoms with E-state index in [1.54, 1.807) is 62.6 Å². The number of carbonyl (C=O) groups excluding carboxylic acids is 3. The maximum Gasteiger partial charge on any atom is 0.338 e. The number of nitrogens with zero attached hydrogens (tertiary/aromatic N) is 3. The Bertz CT molecular complexity index is 1440. The minimum Gasteiger partial charge on any atom is -0.497 e. The van der Waals surface area contributed by atoms with Crippen molar-refractivity contribution >= 4 is 35.2 Å². The maximum absolute atomic E-state index is 12.7. The number of methoxy groups -OCH3 is 1. The largest absolute Gasteiger partial charge is 0.497 e. The number of esters is 1. The molecule has 0 unspecified atom stereocenters. The summed E-state index contributed by atoms with van der Waals surface area (Å²) < 4.78 is 12.0. The molecule has 4 rings (SSSR count). The lowest BCUT2D eigenvalue weighted by Crippen LogP contribution is -2.25. The molecule has 1 aromatic heterocycles. The molecule has 0 radical (unpaired) electrons. The van der Waals surface area contributed by atoms with Crippen molar-refractivity contribution in [2.24, 2.45) is 0 Å². The summed E-state index contributed by atoms with van der Waals surface area (Å²) >= 11 is 1.24. The van der Waals surface area contributed by atoms with Gasteiger partial charge in [-0.15, -0.1) is 10.2 Å². The summed E-state index contributed by atoms with van der Waals surface area (Å²) in [5.41, 5.74) is 2.50. The van der Waals surface area contributed by atoms with Crippen LogP contribution in [0.3, 0.4) is 0 Å². The van der Waals surface area contributed by atoms with Gasteiger partial charge in [-0.3, -0.25) is 9.59 Å². The Morgan fingerprint density at radius 3 is 2.27 bits per heavy atom. The van der Waals surface area contributed by atoms with E-state index in [2.05, 4.69) is 20.8 Å². The third kappa shape index (κ3) is 7.70. The lowest BCUT2D eigenvalue weighted by Gasteiger charge is -2.11. The van der Waals surface area contributed by atoms with Gasteiger partial charge in [-0.1, -0.05) is 42.1 Å². The quantitative estimate of drug-likeness (QED) is 0.196. The van der Waals surface area contributed by atoms with Crippen LogP contribution >= 0.6 is 11.8 Å². The molecule has 2 N–H and O–H groups in total. The van der Waals surface area contributed by atoms with Crippen molar-refractivity contribution in [3.05, 3.63) is 101 Å². The monoisotopic (exact) mass is 559 g/mol. The van der Waals surface area contributed by atoms with Gasteiger partial charge in [0.2, 0.25) is 5.91 Å². The van der Waals surface area contributed by atoms with Crippen molar-refractivity contribution in [3.8, 4) is 5.75 Å². The molecule has 0 aliphatic heterocycles. The zero-order chi connectivity index (χ0) is 28.3. The van der Waals surface area contributed by atoms with Crippen LogP contribution in [0.2, 0.25) is 0 Å². The maximum atomic E-state index is 12.7. The van der Waals surface area contributed by atoms with E-state index in [9.17, 15) is 14.4 Å². The van der Waals surface area contributed by atoms with Gasteiger partial charge < -0.3 is 24.7 Å². The molecule has 1 heterocycles. The Balaban J connectivity index is 1.41. The zero-order valence-corrected chi connectivity index (χ0v) is 22.9. The smallest absolute Gasteiger partial charge is 0.338 e. The molecule has 206 valence electrons. The molecule has 3 aromatic carbocycles. The van der Waals surface area contributed by atoms with Gasteiger partial charge >= 0.3 is 5.97 Å². The second-order valence-electron chi connectivity index (χ2n) is 8.52. The number of anilines is 1. The fraction of sp³-hybridized carbons (Fsp3) is 0.207. The van der Waals surface area contributed by atoms with E-state index in [-0.39, 0.29) is 24.1 Å². The van der Waals surface area contributed by atoms with Gasteiger partial charge in [-0.2, -0.15) is 0 Å². The van der Waals surface area contributed by atoms with E-state index in [1.807, 2.05) is 34.9 Å². The number of rotatable bonds is 12. The Morgan fingerprint density at radius 1 is 0.900 bits per heavy atom. The molecule has 10 nitrogen and oxygen atoms in total. The fourth-order valence-corrected chi connectivity index (χ4v) is 4.47. The van der Waals surface area contributed by atoms with Gasteiger partial charge in [-0.25, -0.2) is 4.79 Å². The van der Waals surface area contributed by atoms with Crippen molar-refractivity contribution in [2.45, 2.75) is 25.2 Å². The molecule has 0 spiro atoms. The Labute approximate surface area is 236 Å². The number of aromatic nitrogens is 3. The first-order valence-electron chi connectivity index (χ1n) is 12.5. The number of benzene rings is 3. The summed E-state index contributed by atoms with van der Waals surface area (Å²) in [4.78, 5) is 37.2. The Hall–Kier alpha value is -4.64. The highest BCUT2D eigenvalue weighted by Gasteiger charge is 2.16. The molecule has 0 atom stereocenters. The first-order valence-corrected chi connectivity index (χ1v) is 13.5. The standard InChI is InChI=1S/C29H29N5O5S/c1-3-39-28(37)22-9-13-23(14-10-22)31-26(35)19-40-29-33-32-25(34(29)18-20-7-5-4-6-8-20)17-30-27(36)21-11-15-24(38-2)16-12-21/h4-16H,3,17-19H2,1-2H3,(H,30,36)(H,31,35). The van der Waals surface area contributed by atoms with Crippen molar-refractivity contribution in [2.75, 3.05) is 24.8 Å². The lowest BCUT2D eigenvalue weighted by molar-refractivity contribution is -0.113. The van der Waals surface area contributed by atoms with E-state index in [0.717, 1.165) is 5.56 Å². The topological polar surface area (TPSA) is 124 Å². The molecule has 4 aromatic rings. The summed E-state index contributed by atoms with van der Waals surface area (Å²) in [7, 11) is 1.57. The molecule has 40 heavy (non-hydrogen) atoms. The van der Waals surface area contributed by atoms with Gasteiger partial charge in [0.25, 0.3) is 5.91 Å². The van der Waals surface area contributed by atoms with Crippen LogP contribution in [-0.2, 0) is 22.6 Å². The number of carbonyl (C=O) groups is 3. The van der Waals surface area contributed by atoms with Crippen LogP contribution in [0.1, 0.15) is 39.0 Å². The number of amides is 2. The van der Waals surface area contributed by atoms with E-state index in [0.29, 0.717) is 46.7 Å². The third-order valence-electron chi connectivity index (χ3n) is 5.75. The van der Waals surface area contributed by atoms with Crippen molar-refractivity contribution in [1.82, 2.24) is 20.1 Å². The highest BCUT2D eigenvalue weighted by molar-refractivity contribution is 7.99. The van der Waals surface area contributed by atoms with Crippen LogP contribution in [0, 0.1) is 0 Å². The molecule has 11 heteroatoms. The number of thioether (sulfide) groups is 1. The van der Waals surface area contributed by atoms with Gasteiger partial charge in [0.1, 0.15) is 5.75 Å². The molecular weight excluding hydrogens is 530 g/mol. The van der Waals surface area contributed by atoms with Crippen molar-refractivity contribution in [1.29, 1.82) is 0 Å². The van der Waals surface area contributed by atoms with Crippen LogP contribution in [-0.4, -0.2) is 52.0 Å². The van der Waals surface area contributed by atoms with Crippen molar-refractivity contribution < 1.29 is 23.9 Å². The highest BCUT2D eigenvalue weighted by atomic mass is 32.2. The number of hydrogen-bond acceptors (Lipinski definition) is 8. The van der Waals surface area contributed by atoms with E-state index in [1.165, 1.54) is 11.8 Å². The minimum atomic E-state index is -0.412. The summed E-state index contributed by atoms with van der Waals surface area (Å²) in [5, 5.41) is 14.8. The molecule has 0 aliphatic carbocycles.